The van der Waals surface area contributed by atoms with Crippen molar-refractivity contribution in [1.29, 1.82) is 0 Å². The molecule has 1 aromatic carbocycles. The Balaban J connectivity index is 1.36. The topological polar surface area (TPSA) is 9.23 Å². The molecule has 6 rings (SSSR count). The van der Waals surface area contributed by atoms with E-state index in [1.807, 2.05) is 22.9 Å². The van der Waals surface area contributed by atoms with Crippen LogP contribution >= 0.6 is 11.8 Å². The summed E-state index contributed by atoms with van der Waals surface area (Å²) in [5, 5.41) is 0. The van der Waals surface area contributed by atoms with Crippen molar-refractivity contribution < 1.29 is 4.74 Å². The Morgan fingerprint density at radius 2 is 1.74 bits per heavy atom. The summed E-state index contributed by atoms with van der Waals surface area (Å²) < 4.78 is 6.73. The standard InChI is InChI=1S/C33H48OS/c1-6-35-25-11-8-23(9-12-25)28-20-32(5)22(2)7-14-29(32)27-13-10-24-19-33(16-15-26(24)30(27)28)18-17-31(3,4)21-34-33/h8-9,11-12,22,24,27-29H,6-7,10,13-21H2,1-5H3. The third kappa shape index (κ3) is 4.18. The highest BCUT2D eigenvalue weighted by Crippen LogP contribution is 2.66. The van der Waals surface area contributed by atoms with Crippen molar-refractivity contribution in [2.24, 2.45) is 34.5 Å². The van der Waals surface area contributed by atoms with Crippen molar-refractivity contribution in [3.8, 4) is 0 Å². The minimum absolute atomic E-state index is 0.177. The molecule has 0 N–H and O–H groups in total. The summed E-state index contributed by atoms with van der Waals surface area (Å²) in [7, 11) is 0. The van der Waals surface area contributed by atoms with E-state index in [1.165, 1.54) is 69.1 Å². The van der Waals surface area contributed by atoms with Crippen LogP contribution in [0.25, 0.3) is 0 Å². The zero-order valence-electron chi connectivity index (χ0n) is 23.0. The predicted molar refractivity (Wildman–Crippen MR) is 149 cm³/mol. The molecule has 35 heavy (non-hydrogen) atoms. The Morgan fingerprint density at radius 1 is 0.943 bits per heavy atom. The van der Waals surface area contributed by atoms with Crippen molar-refractivity contribution in [3.05, 3.63) is 41.0 Å². The summed E-state index contributed by atoms with van der Waals surface area (Å²) in [6.07, 6.45) is 13.6. The molecule has 5 aliphatic rings. The van der Waals surface area contributed by atoms with Crippen LogP contribution in [0.2, 0.25) is 0 Å². The summed E-state index contributed by atoms with van der Waals surface area (Å²) in [4.78, 5) is 1.43. The zero-order chi connectivity index (χ0) is 24.4. The van der Waals surface area contributed by atoms with Gasteiger partial charge in [-0.25, -0.2) is 0 Å². The molecule has 1 saturated heterocycles. The molecule has 0 radical (unpaired) electrons. The number of hydrogen-bond acceptors (Lipinski definition) is 2. The Hall–Kier alpha value is -0.730. The molecule has 4 aliphatic carbocycles. The maximum absolute atomic E-state index is 6.73. The number of fused-ring (bicyclic) bond motifs is 4. The first-order valence-corrected chi connectivity index (χ1v) is 15.8. The molecule has 1 aromatic rings. The maximum Gasteiger partial charge on any atom is 0.0691 e. The highest BCUT2D eigenvalue weighted by molar-refractivity contribution is 7.99. The van der Waals surface area contributed by atoms with E-state index < -0.39 is 0 Å². The molecule has 2 heteroatoms. The maximum atomic E-state index is 6.73. The van der Waals surface area contributed by atoms with Crippen molar-refractivity contribution in [2.75, 3.05) is 12.4 Å². The smallest absolute Gasteiger partial charge is 0.0691 e. The Kier molecular flexibility index (Phi) is 6.28. The molecule has 7 atom stereocenters. The molecule has 7 unspecified atom stereocenters. The fraction of sp³-hybridized carbons (Fsp3) is 0.758. The average molecular weight is 493 g/mol. The number of ether oxygens (including phenoxy) is 1. The fourth-order valence-electron chi connectivity index (χ4n) is 9.27. The molecule has 1 spiro atoms. The third-order valence-corrected chi connectivity index (χ3v) is 12.5. The van der Waals surface area contributed by atoms with Crippen molar-refractivity contribution in [3.63, 3.8) is 0 Å². The second-order valence-electron chi connectivity index (χ2n) is 14.1. The van der Waals surface area contributed by atoms with Gasteiger partial charge in [0.25, 0.3) is 0 Å². The minimum atomic E-state index is 0.177. The van der Waals surface area contributed by atoms with Gasteiger partial charge in [0, 0.05) is 10.8 Å². The predicted octanol–water partition coefficient (Wildman–Crippen LogP) is 9.42. The third-order valence-electron chi connectivity index (χ3n) is 11.6. The van der Waals surface area contributed by atoms with E-state index in [-0.39, 0.29) is 5.60 Å². The second-order valence-corrected chi connectivity index (χ2v) is 15.4. The molecule has 4 fully saturated rings. The lowest BCUT2D eigenvalue weighted by Crippen LogP contribution is -2.48. The van der Waals surface area contributed by atoms with E-state index >= 15 is 0 Å². The van der Waals surface area contributed by atoms with Crippen LogP contribution < -0.4 is 0 Å². The quantitative estimate of drug-likeness (QED) is 0.307. The Morgan fingerprint density at radius 3 is 2.46 bits per heavy atom. The lowest BCUT2D eigenvalue weighted by molar-refractivity contribution is -0.144. The molecule has 192 valence electrons. The van der Waals surface area contributed by atoms with E-state index in [0.717, 1.165) is 36.0 Å². The Bertz CT molecular complexity index is 963. The lowest BCUT2D eigenvalue weighted by Gasteiger charge is -2.56. The molecule has 1 heterocycles. The molecular weight excluding hydrogens is 444 g/mol. The average Bonchev–Trinajstić information content (AvgIpc) is 3.15. The molecular formula is C33H48OS. The van der Waals surface area contributed by atoms with Gasteiger partial charge in [0.05, 0.1) is 12.2 Å². The van der Waals surface area contributed by atoms with Gasteiger partial charge in [-0.1, -0.05) is 57.9 Å². The van der Waals surface area contributed by atoms with Gasteiger partial charge in [0.15, 0.2) is 0 Å². The molecule has 0 aromatic heterocycles. The second kappa shape index (κ2) is 8.93. The van der Waals surface area contributed by atoms with E-state index in [0.29, 0.717) is 16.7 Å². The van der Waals surface area contributed by atoms with Gasteiger partial charge >= 0.3 is 0 Å². The van der Waals surface area contributed by atoms with Gasteiger partial charge in [-0.3, -0.25) is 0 Å². The van der Waals surface area contributed by atoms with Gasteiger partial charge in [0.1, 0.15) is 0 Å². The summed E-state index contributed by atoms with van der Waals surface area (Å²) in [6.45, 7) is 13.2. The van der Waals surface area contributed by atoms with Crippen LogP contribution in [-0.2, 0) is 4.74 Å². The summed E-state index contributed by atoms with van der Waals surface area (Å²) >= 11 is 1.97. The van der Waals surface area contributed by atoms with Crippen molar-refractivity contribution >= 4 is 11.8 Å². The zero-order valence-corrected chi connectivity index (χ0v) is 23.8. The summed E-state index contributed by atoms with van der Waals surface area (Å²) in [5.74, 6) is 5.18. The minimum Gasteiger partial charge on any atom is -0.374 e. The lowest BCUT2D eigenvalue weighted by atomic mass is 9.50. The van der Waals surface area contributed by atoms with E-state index in [4.69, 9.17) is 4.74 Å². The summed E-state index contributed by atoms with van der Waals surface area (Å²) in [6, 6.07) is 9.81. The molecule has 0 amide bonds. The SMILES string of the molecule is CCSc1ccc(C2CC3(C)C(C)CCC3C3CCC4CC5(CCC4=C23)CCC(C)(C)CO5)cc1. The highest BCUT2D eigenvalue weighted by atomic mass is 32.2. The first-order valence-electron chi connectivity index (χ1n) is 14.8. The van der Waals surface area contributed by atoms with Gasteiger partial charge in [0.2, 0.25) is 0 Å². The number of thioether (sulfide) groups is 1. The van der Waals surface area contributed by atoms with Crippen LogP contribution in [0.4, 0.5) is 0 Å². The first kappa shape index (κ1) is 24.6. The van der Waals surface area contributed by atoms with Gasteiger partial charge in [-0.2, -0.15) is 0 Å². The molecule has 1 aliphatic heterocycles. The Labute approximate surface area is 219 Å². The number of allylic oxidation sites excluding steroid dienone is 2. The van der Waals surface area contributed by atoms with E-state index in [2.05, 4.69) is 58.9 Å². The molecule has 1 nitrogen and oxygen atoms in total. The highest BCUT2D eigenvalue weighted by Gasteiger charge is 2.56. The monoisotopic (exact) mass is 492 g/mol. The number of rotatable bonds is 3. The van der Waals surface area contributed by atoms with Crippen molar-refractivity contribution in [1.82, 2.24) is 0 Å². The van der Waals surface area contributed by atoms with E-state index in [9.17, 15) is 0 Å². The van der Waals surface area contributed by atoms with Gasteiger partial charge < -0.3 is 4.74 Å². The molecule has 3 saturated carbocycles. The van der Waals surface area contributed by atoms with Crippen LogP contribution in [0.3, 0.4) is 0 Å². The van der Waals surface area contributed by atoms with Crippen LogP contribution in [0, 0.1) is 34.5 Å². The van der Waals surface area contributed by atoms with E-state index in [1.54, 1.807) is 5.56 Å². The van der Waals surface area contributed by atoms with Crippen molar-refractivity contribution in [2.45, 2.75) is 115 Å². The van der Waals surface area contributed by atoms with Crippen LogP contribution in [0.5, 0.6) is 0 Å². The molecule has 0 bridgehead atoms. The first-order chi connectivity index (χ1) is 16.7. The van der Waals surface area contributed by atoms with Gasteiger partial charge in [-0.05, 0) is 122 Å². The summed E-state index contributed by atoms with van der Waals surface area (Å²) in [5.41, 5.74) is 6.49. The van der Waals surface area contributed by atoms with Gasteiger partial charge in [-0.15, -0.1) is 11.8 Å². The normalized spacial score (nSPS) is 42.5. The number of hydrogen-bond donors (Lipinski definition) is 0. The largest absolute Gasteiger partial charge is 0.374 e. The number of benzene rings is 1. The fourth-order valence-corrected chi connectivity index (χ4v) is 9.93. The van der Waals surface area contributed by atoms with Crippen LogP contribution in [0.1, 0.15) is 110 Å². The van der Waals surface area contributed by atoms with Crippen LogP contribution in [-0.4, -0.2) is 18.0 Å². The van der Waals surface area contributed by atoms with Crippen LogP contribution in [0.15, 0.2) is 40.3 Å².